The first-order valence-corrected chi connectivity index (χ1v) is 21.1. The number of benzene rings is 10. The molecular weight excluding hydrogens is 737 g/mol. The van der Waals surface area contributed by atoms with Gasteiger partial charge in [0, 0.05) is 34.0 Å². The molecule has 0 heterocycles. The number of rotatable bonds is 7. The Bertz CT molecular complexity index is 3260. The van der Waals surface area contributed by atoms with Crippen LogP contribution < -0.4 is 9.80 Å². The minimum atomic E-state index is -0.552. The quantitative estimate of drug-likeness (QED) is 0.159. The molecule has 0 saturated heterocycles. The van der Waals surface area contributed by atoms with Crippen molar-refractivity contribution in [1.29, 1.82) is 0 Å². The highest BCUT2D eigenvalue weighted by atomic mass is 15.1. The standard InChI is InChI=1S/C59H40N2/c1-4-18-41(19-5-1)44-22-16-27-47(38-44)60(45-23-6-2-7-24-45)49-36-37-51-50-28-12-14-30-53(50)59(56(51)40-49)54-31-15-13-29-52(54)58-55(59)32-17-33-57(58)61(46-25-8-3-9-26-46)48-35-34-42-20-10-11-21-43(42)39-48/h1-40H. The van der Waals surface area contributed by atoms with Crippen molar-refractivity contribution in [3.8, 4) is 33.4 Å². The van der Waals surface area contributed by atoms with Crippen LogP contribution in [-0.4, -0.2) is 0 Å². The van der Waals surface area contributed by atoms with Crippen molar-refractivity contribution < 1.29 is 0 Å². The molecule has 10 aromatic carbocycles. The van der Waals surface area contributed by atoms with Crippen molar-refractivity contribution in [1.82, 2.24) is 0 Å². The van der Waals surface area contributed by atoms with Crippen LogP contribution in [0.15, 0.2) is 243 Å². The zero-order valence-corrected chi connectivity index (χ0v) is 33.5. The fraction of sp³-hybridized carbons (Fsp3) is 0.0169. The van der Waals surface area contributed by atoms with Crippen LogP contribution in [0.25, 0.3) is 44.2 Å². The van der Waals surface area contributed by atoms with Gasteiger partial charge in [-0.2, -0.15) is 0 Å². The smallest absolute Gasteiger partial charge is 0.0727 e. The summed E-state index contributed by atoms with van der Waals surface area (Å²) in [6, 6.07) is 89.0. The number of hydrogen-bond donors (Lipinski definition) is 0. The second kappa shape index (κ2) is 14.1. The van der Waals surface area contributed by atoms with E-state index in [2.05, 4.69) is 252 Å². The molecule has 1 spiro atoms. The topological polar surface area (TPSA) is 6.48 Å². The van der Waals surface area contributed by atoms with E-state index in [1.54, 1.807) is 0 Å². The Morgan fingerprint density at radius 1 is 0.262 bits per heavy atom. The van der Waals surface area contributed by atoms with Crippen LogP contribution in [-0.2, 0) is 5.41 Å². The van der Waals surface area contributed by atoms with E-state index >= 15 is 0 Å². The highest BCUT2D eigenvalue weighted by Crippen LogP contribution is 2.65. The van der Waals surface area contributed by atoms with E-state index < -0.39 is 5.41 Å². The van der Waals surface area contributed by atoms with Gasteiger partial charge in [0.05, 0.1) is 11.1 Å². The molecule has 12 rings (SSSR count). The largest absolute Gasteiger partial charge is 0.310 e. The van der Waals surface area contributed by atoms with Gasteiger partial charge in [-0.1, -0.05) is 176 Å². The molecule has 0 bridgehead atoms. The van der Waals surface area contributed by atoms with Crippen LogP contribution in [0.5, 0.6) is 0 Å². The summed E-state index contributed by atoms with van der Waals surface area (Å²) in [7, 11) is 0. The fourth-order valence-electron chi connectivity index (χ4n) is 10.3. The van der Waals surface area contributed by atoms with E-state index in [1.807, 2.05) is 0 Å². The van der Waals surface area contributed by atoms with Gasteiger partial charge in [-0.3, -0.25) is 0 Å². The lowest BCUT2D eigenvalue weighted by Crippen LogP contribution is -2.26. The van der Waals surface area contributed by atoms with Gasteiger partial charge in [0.25, 0.3) is 0 Å². The third-order valence-electron chi connectivity index (χ3n) is 12.8. The average molecular weight is 777 g/mol. The summed E-state index contributed by atoms with van der Waals surface area (Å²) < 4.78 is 0. The molecule has 2 nitrogen and oxygen atoms in total. The van der Waals surface area contributed by atoms with Crippen molar-refractivity contribution in [2.75, 3.05) is 9.80 Å². The molecule has 286 valence electrons. The lowest BCUT2D eigenvalue weighted by molar-refractivity contribution is 0.793. The molecule has 0 N–H and O–H groups in total. The van der Waals surface area contributed by atoms with Crippen molar-refractivity contribution in [3.63, 3.8) is 0 Å². The zero-order valence-electron chi connectivity index (χ0n) is 33.5. The fourth-order valence-corrected chi connectivity index (χ4v) is 10.3. The van der Waals surface area contributed by atoms with Crippen molar-refractivity contribution in [2.24, 2.45) is 0 Å². The van der Waals surface area contributed by atoms with Gasteiger partial charge in [0.1, 0.15) is 0 Å². The predicted molar refractivity (Wildman–Crippen MR) is 255 cm³/mol. The molecule has 61 heavy (non-hydrogen) atoms. The first-order chi connectivity index (χ1) is 30.3. The van der Waals surface area contributed by atoms with Crippen molar-refractivity contribution >= 4 is 44.9 Å². The van der Waals surface area contributed by atoms with E-state index in [0.29, 0.717) is 0 Å². The Balaban J connectivity index is 1.11. The molecule has 0 saturated carbocycles. The second-order valence-corrected chi connectivity index (χ2v) is 16.1. The van der Waals surface area contributed by atoms with Crippen LogP contribution in [0, 0.1) is 0 Å². The number of para-hydroxylation sites is 2. The molecule has 2 heteroatoms. The Hall–Kier alpha value is -7.94. The predicted octanol–water partition coefficient (Wildman–Crippen LogP) is 15.8. The molecule has 0 amide bonds. The lowest BCUT2D eigenvalue weighted by Gasteiger charge is -2.33. The van der Waals surface area contributed by atoms with Gasteiger partial charge < -0.3 is 9.80 Å². The zero-order chi connectivity index (χ0) is 40.3. The molecule has 0 radical (unpaired) electrons. The van der Waals surface area contributed by atoms with E-state index in [4.69, 9.17) is 0 Å². The molecule has 0 aromatic heterocycles. The molecule has 1 atom stereocenters. The maximum Gasteiger partial charge on any atom is 0.0727 e. The molecule has 0 aliphatic heterocycles. The Morgan fingerprint density at radius 3 is 1.54 bits per heavy atom. The van der Waals surface area contributed by atoms with E-state index in [0.717, 1.165) is 34.1 Å². The summed E-state index contributed by atoms with van der Waals surface area (Å²) in [5, 5.41) is 2.45. The third kappa shape index (κ3) is 5.43. The summed E-state index contributed by atoms with van der Waals surface area (Å²) in [6.45, 7) is 0. The highest BCUT2D eigenvalue weighted by molar-refractivity contribution is 6.02. The van der Waals surface area contributed by atoms with Gasteiger partial charge in [-0.05, 0) is 128 Å². The Labute approximate surface area is 356 Å². The van der Waals surface area contributed by atoms with Gasteiger partial charge in [-0.25, -0.2) is 0 Å². The number of hydrogen-bond acceptors (Lipinski definition) is 2. The Morgan fingerprint density at radius 2 is 0.770 bits per heavy atom. The van der Waals surface area contributed by atoms with E-state index in [-0.39, 0.29) is 0 Å². The van der Waals surface area contributed by atoms with Crippen molar-refractivity contribution in [3.05, 3.63) is 265 Å². The molecule has 1 unspecified atom stereocenters. The normalized spacial score (nSPS) is 14.3. The van der Waals surface area contributed by atoms with Gasteiger partial charge in [0.2, 0.25) is 0 Å². The first-order valence-electron chi connectivity index (χ1n) is 21.1. The summed E-state index contributed by atoms with van der Waals surface area (Å²) >= 11 is 0. The maximum absolute atomic E-state index is 2.48. The Kier molecular flexibility index (Phi) is 8.11. The summed E-state index contributed by atoms with van der Waals surface area (Å²) in [6.07, 6.45) is 0. The van der Waals surface area contributed by atoms with Crippen LogP contribution >= 0.6 is 0 Å². The summed E-state index contributed by atoms with van der Waals surface area (Å²) in [4.78, 5) is 4.87. The van der Waals surface area contributed by atoms with Crippen LogP contribution in [0.2, 0.25) is 0 Å². The summed E-state index contributed by atoms with van der Waals surface area (Å²) in [5.74, 6) is 0. The van der Waals surface area contributed by atoms with Gasteiger partial charge in [0.15, 0.2) is 0 Å². The lowest BCUT2D eigenvalue weighted by atomic mass is 9.70. The number of fused-ring (bicyclic) bond motifs is 11. The summed E-state index contributed by atoms with van der Waals surface area (Å²) in [5.41, 5.74) is 18.9. The minimum Gasteiger partial charge on any atom is -0.310 e. The van der Waals surface area contributed by atoms with Crippen LogP contribution in [0.1, 0.15) is 22.3 Å². The maximum atomic E-state index is 2.48. The highest BCUT2D eigenvalue weighted by Gasteiger charge is 2.52. The first kappa shape index (κ1) is 35.0. The molecule has 0 fully saturated rings. The minimum absolute atomic E-state index is 0.552. The number of anilines is 6. The number of nitrogens with zero attached hydrogens (tertiary/aromatic N) is 2. The van der Waals surface area contributed by atoms with E-state index in [1.165, 1.54) is 66.4 Å². The second-order valence-electron chi connectivity index (χ2n) is 16.1. The van der Waals surface area contributed by atoms with Crippen molar-refractivity contribution in [2.45, 2.75) is 5.41 Å². The SMILES string of the molecule is c1ccc(-c2cccc(N(c3ccccc3)c3ccc4c(c3)C3(c5ccccc5-4)c4ccccc4-c4c(N(c5ccccc5)c5ccc6ccccc6c5)cccc43)c2)cc1. The molecule has 2 aliphatic carbocycles. The van der Waals surface area contributed by atoms with E-state index in [9.17, 15) is 0 Å². The average Bonchev–Trinajstić information content (AvgIpc) is 3.80. The third-order valence-corrected chi connectivity index (χ3v) is 12.8. The molecular formula is C59H40N2. The van der Waals surface area contributed by atoms with Gasteiger partial charge >= 0.3 is 0 Å². The monoisotopic (exact) mass is 776 g/mol. The molecule has 10 aromatic rings. The van der Waals surface area contributed by atoms with Crippen LogP contribution in [0.3, 0.4) is 0 Å². The molecule has 2 aliphatic rings. The van der Waals surface area contributed by atoms with Crippen LogP contribution in [0.4, 0.5) is 34.1 Å². The van der Waals surface area contributed by atoms with Gasteiger partial charge in [-0.15, -0.1) is 0 Å².